The van der Waals surface area contributed by atoms with Crippen LogP contribution in [-0.2, 0) is 28.6 Å². The Kier molecular flexibility index (Phi) is 48.4. The van der Waals surface area contributed by atoms with Crippen molar-refractivity contribution in [2.24, 2.45) is 0 Å². The van der Waals surface area contributed by atoms with Crippen molar-refractivity contribution >= 4 is 17.9 Å². The van der Waals surface area contributed by atoms with E-state index in [1.807, 2.05) is 30.4 Å². The van der Waals surface area contributed by atoms with Gasteiger partial charge in [-0.05, 0) is 64.2 Å². The van der Waals surface area contributed by atoms with Gasteiger partial charge in [-0.25, -0.2) is 0 Å². The van der Waals surface area contributed by atoms with Crippen LogP contribution in [0, 0.1) is 0 Å². The van der Waals surface area contributed by atoms with Gasteiger partial charge in [0, 0.05) is 19.3 Å². The Morgan fingerprint density at radius 3 is 1.05 bits per heavy atom. The lowest BCUT2D eigenvalue weighted by atomic mass is 10.0. The first-order valence-electron chi connectivity index (χ1n) is 26.3. The largest absolute Gasteiger partial charge is 0.462 e. The molecule has 1 unspecified atom stereocenters. The van der Waals surface area contributed by atoms with Crippen molar-refractivity contribution in [3.8, 4) is 0 Å². The number of allylic oxidation sites excluding steroid dienone is 10. The second-order valence-corrected chi connectivity index (χ2v) is 17.5. The summed E-state index contributed by atoms with van der Waals surface area (Å²) in [5, 5.41) is 0. The predicted molar refractivity (Wildman–Crippen MR) is 265 cm³/mol. The highest BCUT2D eigenvalue weighted by Crippen LogP contribution is 2.15. The molecule has 0 aromatic carbocycles. The third kappa shape index (κ3) is 48.1. The van der Waals surface area contributed by atoms with E-state index in [0.29, 0.717) is 19.3 Å². The second kappa shape index (κ2) is 50.8. The van der Waals surface area contributed by atoms with Gasteiger partial charge in [-0.15, -0.1) is 0 Å². The van der Waals surface area contributed by atoms with E-state index in [1.165, 1.54) is 148 Å². The SMILES string of the molecule is CC\C=C/C=C\C=C/C=C\CCCCCC(=O)OCC(COC(=O)CCCCCCCCC/C=C\CCCCCCCC)OC(=O)CCCCCCCCCCCCCCCC. The van der Waals surface area contributed by atoms with Gasteiger partial charge in [-0.2, -0.15) is 0 Å². The van der Waals surface area contributed by atoms with E-state index in [-0.39, 0.29) is 31.1 Å². The van der Waals surface area contributed by atoms with Crippen molar-refractivity contribution in [3.05, 3.63) is 60.8 Å². The van der Waals surface area contributed by atoms with Gasteiger partial charge in [-0.3, -0.25) is 14.4 Å². The van der Waals surface area contributed by atoms with Crippen LogP contribution in [0.25, 0.3) is 0 Å². The topological polar surface area (TPSA) is 78.9 Å². The van der Waals surface area contributed by atoms with Gasteiger partial charge in [0.25, 0.3) is 0 Å². The highest BCUT2D eigenvalue weighted by atomic mass is 16.6. The zero-order valence-electron chi connectivity index (χ0n) is 40.9. The number of carbonyl (C=O) groups excluding carboxylic acids is 3. The van der Waals surface area contributed by atoms with Crippen molar-refractivity contribution in [1.82, 2.24) is 0 Å². The summed E-state index contributed by atoms with van der Waals surface area (Å²) in [6, 6.07) is 0. The average Bonchev–Trinajstić information content (AvgIpc) is 3.27. The minimum absolute atomic E-state index is 0.0873. The van der Waals surface area contributed by atoms with Gasteiger partial charge >= 0.3 is 17.9 Å². The first-order chi connectivity index (χ1) is 30.5. The van der Waals surface area contributed by atoms with E-state index in [0.717, 1.165) is 70.6 Å². The van der Waals surface area contributed by atoms with Crippen LogP contribution in [0.3, 0.4) is 0 Å². The molecule has 0 fully saturated rings. The molecule has 0 aromatic heterocycles. The van der Waals surface area contributed by atoms with Crippen molar-refractivity contribution in [2.75, 3.05) is 13.2 Å². The highest BCUT2D eigenvalue weighted by Gasteiger charge is 2.19. The first kappa shape index (κ1) is 59.1. The molecule has 0 saturated heterocycles. The van der Waals surface area contributed by atoms with Crippen LogP contribution in [-0.4, -0.2) is 37.2 Å². The maximum absolute atomic E-state index is 12.8. The van der Waals surface area contributed by atoms with Crippen LogP contribution in [0.5, 0.6) is 0 Å². The third-order valence-corrected chi connectivity index (χ3v) is 11.4. The van der Waals surface area contributed by atoms with E-state index in [4.69, 9.17) is 14.2 Å². The fourth-order valence-corrected chi connectivity index (χ4v) is 7.39. The van der Waals surface area contributed by atoms with Crippen LogP contribution in [0.4, 0.5) is 0 Å². The molecule has 0 amide bonds. The van der Waals surface area contributed by atoms with E-state index in [2.05, 4.69) is 51.2 Å². The van der Waals surface area contributed by atoms with Gasteiger partial charge in [-0.1, -0.05) is 236 Å². The Balaban J connectivity index is 4.40. The molecule has 0 heterocycles. The van der Waals surface area contributed by atoms with Crippen molar-refractivity contribution < 1.29 is 28.6 Å². The Bertz CT molecular complexity index is 1130. The van der Waals surface area contributed by atoms with E-state index < -0.39 is 6.10 Å². The van der Waals surface area contributed by atoms with Crippen LogP contribution in [0.2, 0.25) is 0 Å². The van der Waals surface area contributed by atoms with Gasteiger partial charge in [0.05, 0.1) is 0 Å². The molecule has 0 aliphatic heterocycles. The van der Waals surface area contributed by atoms with Crippen LogP contribution < -0.4 is 0 Å². The van der Waals surface area contributed by atoms with Crippen LogP contribution in [0.1, 0.15) is 258 Å². The number of rotatable bonds is 47. The average molecular weight is 867 g/mol. The molecule has 0 aromatic rings. The number of hydrogen-bond acceptors (Lipinski definition) is 6. The number of esters is 3. The van der Waals surface area contributed by atoms with Crippen molar-refractivity contribution in [2.45, 2.75) is 264 Å². The molecular formula is C56H98O6. The summed E-state index contributed by atoms with van der Waals surface area (Å²) >= 11 is 0. The van der Waals surface area contributed by atoms with Gasteiger partial charge in [0.15, 0.2) is 6.10 Å². The molecule has 0 bridgehead atoms. The molecule has 62 heavy (non-hydrogen) atoms. The lowest BCUT2D eigenvalue weighted by Crippen LogP contribution is -2.30. The van der Waals surface area contributed by atoms with E-state index >= 15 is 0 Å². The smallest absolute Gasteiger partial charge is 0.306 e. The fraction of sp³-hybridized carbons (Fsp3) is 0.768. The number of hydrogen-bond donors (Lipinski definition) is 0. The Morgan fingerprint density at radius 1 is 0.339 bits per heavy atom. The molecule has 6 nitrogen and oxygen atoms in total. The molecule has 0 aliphatic rings. The quantitative estimate of drug-likeness (QED) is 0.0199. The Hall–Kier alpha value is -2.89. The molecular weight excluding hydrogens is 769 g/mol. The Morgan fingerprint density at radius 2 is 0.645 bits per heavy atom. The van der Waals surface area contributed by atoms with Crippen molar-refractivity contribution in [1.29, 1.82) is 0 Å². The Labute approximate surface area is 383 Å². The van der Waals surface area contributed by atoms with E-state index in [9.17, 15) is 14.4 Å². The normalized spacial score (nSPS) is 12.5. The molecule has 0 aliphatic carbocycles. The monoisotopic (exact) mass is 867 g/mol. The summed E-state index contributed by atoms with van der Waals surface area (Å²) < 4.78 is 16.8. The maximum Gasteiger partial charge on any atom is 0.306 e. The summed E-state index contributed by atoms with van der Waals surface area (Å²) in [5.74, 6) is -0.925. The molecule has 0 rings (SSSR count). The minimum atomic E-state index is -0.789. The lowest BCUT2D eigenvalue weighted by Gasteiger charge is -2.18. The molecule has 0 radical (unpaired) electrons. The highest BCUT2D eigenvalue weighted by molar-refractivity contribution is 5.71. The lowest BCUT2D eigenvalue weighted by molar-refractivity contribution is -0.167. The van der Waals surface area contributed by atoms with Gasteiger partial charge < -0.3 is 14.2 Å². The zero-order chi connectivity index (χ0) is 45.1. The second-order valence-electron chi connectivity index (χ2n) is 17.5. The zero-order valence-corrected chi connectivity index (χ0v) is 40.9. The molecule has 358 valence electrons. The van der Waals surface area contributed by atoms with Crippen LogP contribution in [0.15, 0.2) is 60.8 Å². The summed E-state index contributed by atoms with van der Waals surface area (Å²) in [5.41, 5.74) is 0. The maximum atomic E-state index is 12.8. The molecule has 6 heteroatoms. The minimum Gasteiger partial charge on any atom is -0.462 e. The molecule has 0 N–H and O–H groups in total. The number of unbranched alkanes of at least 4 members (excludes halogenated alkanes) is 29. The fourth-order valence-electron chi connectivity index (χ4n) is 7.39. The summed E-state index contributed by atoms with van der Waals surface area (Å²) in [6.07, 6.45) is 62.0. The summed E-state index contributed by atoms with van der Waals surface area (Å²) in [6.45, 7) is 6.47. The molecule has 0 spiro atoms. The van der Waals surface area contributed by atoms with Crippen LogP contribution >= 0.6 is 0 Å². The van der Waals surface area contributed by atoms with Gasteiger partial charge in [0.1, 0.15) is 13.2 Å². The summed E-state index contributed by atoms with van der Waals surface area (Å²) in [4.78, 5) is 38.0. The number of ether oxygens (including phenoxy) is 3. The standard InChI is InChI=1S/C56H98O6/c1-4-7-10-13-16-19-22-25-27-28-29-32-34-37-40-43-46-49-55(58)61-52-53(51-60-54(57)48-45-42-39-36-33-30-24-21-18-15-12-9-6-3)62-56(59)50-47-44-41-38-35-31-26-23-20-17-14-11-8-5-2/h9,12,15,18,21,24-25,27,30,33,53H,4-8,10-11,13-14,16-17,19-20,22-23,26,28-29,31-32,34-52H2,1-3H3/b12-9-,18-15-,24-21-,27-25-,33-30-. The third-order valence-electron chi connectivity index (χ3n) is 11.4. The molecule has 0 saturated carbocycles. The van der Waals surface area contributed by atoms with E-state index in [1.54, 1.807) is 0 Å². The summed E-state index contributed by atoms with van der Waals surface area (Å²) in [7, 11) is 0. The predicted octanol–water partition coefficient (Wildman–Crippen LogP) is 17.3. The number of carbonyl (C=O) groups is 3. The molecule has 1 atom stereocenters. The van der Waals surface area contributed by atoms with Crippen molar-refractivity contribution in [3.63, 3.8) is 0 Å². The first-order valence-corrected chi connectivity index (χ1v) is 26.3. The van der Waals surface area contributed by atoms with Gasteiger partial charge in [0.2, 0.25) is 0 Å².